The molecule has 0 aliphatic carbocycles. The first-order valence-electron chi connectivity index (χ1n) is 6.81. The minimum Gasteiger partial charge on any atom is -0.478 e. The Morgan fingerprint density at radius 3 is 2.43 bits per heavy atom. The van der Waals surface area contributed by atoms with Crippen LogP contribution in [0, 0.1) is 6.92 Å². The molecule has 1 aromatic rings. The topological polar surface area (TPSA) is 84.9 Å². The van der Waals surface area contributed by atoms with E-state index in [2.05, 4.69) is 15.6 Å². The van der Waals surface area contributed by atoms with Crippen LogP contribution in [0.2, 0.25) is 0 Å². The first-order valence-corrected chi connectivity index (χ1v) is 6.81. The molecule has 7 heteroatoms. The molecule has 1 aromatic carbocycles. The number of nitrogens with one attached hydrogen (secondary N) is 2. The van der Waals surface area contributed by atoms with E-state index in [0.717, 1.165) is 26.2 Å². The van der Waals surface area contributed by atoms with Gasteiger partial charge < -0.3 is 15.3 Å². The van der Waals surface area contributed by atoms with Crippen LogP contribution in [0.3, 0.4) is 0 Å². The van der Waals surface area contributed by atoms with Gasteiger partial charge in [-0.2, -0.15) is 0 Å². The first kappa shape index (κ1) is 15.3. The lowest BCUT2D eigenvalue weighted by atomic mass is 10.1. The van der Waals surface area contributed by atoms with Crippen LogP contribution in [0.15, 0.2) is 18.2 Å². The number of urea groups is 1. The Morgan fingerprint density at radius 2 is 1.86 bits per heavy atom. The number of piperazine rings is 1. The lowest BCUT2D eigenvalue weighted by Crippen LogP contribution is -2.53. The maximum absolute atomic E-state index is 11.9. The van der Waals surface area contributed by atoms with Crippen molar-refractivity contribution < 1.29 is 14.7 Å². The van der Waals surface area contributed by atoms with E-state index in [1.54, 1.807) is 13.0 Å². The maximum Gasteiger partial charge on any atom is 0.335 e. The van der Waals surface area contributed by atoms with E-state index < -0.39 is 5.97 Å². The van der Waals surface area contributed by atoms with Crippen molar-refractivity contribution in [3.8, 4) is 0 Å². The number of carbonyl (C=O) groups is 2. The summed E-state index contributed by atoms with van der Waals surface area (Å²) in [4.78, 5) is 25.0. The molecule has 0 bridgehead atoms. The van der Waals surface area contributed by atoms with E-state index >= 15 is 0 Å². The van der Waals surface area contributed by atoms with Gasteiger partial charge in [-0.05, 0) is 37.7 Å². The van der Waals surface area contributed by atoms with Crippen LogP contribution >= 0.6 is 0 Å². The zero-order valence-corrected chi connectivity index (χ0v) is 12.2. The van der Waals surface area contributed by atoms with Crippen molar-refractivity contribution in [2.45, 2.75) is 6.92 Å². The van der Waals surface area contributed by atoms with Crippen LogP contribution in [0.1, 0.15) is 15.9 Å². The number of aryl methyl sites for hydroxylation is 1. The molecule has 0 radical (unpaired) electrons. The van der Waals surface area contributed by atoms with E-state index in [1.807, 2.05) is 12.1 Å². The van der Waals surface area contributed by atoms with Crippen molar-refractivity contribution in [1.29, 1.82) is 0 Å². The molecule has 114 valence electrons. The van der Waals surface area contributed by atoms with Crippen LogP contribution in [-0.4, -0.2) is 60.2 Å². The number of aromatic carboxylic acids is 1. The number of rotatable bonds is 3. The number of carbonyl (C=O) groups excluding carboxylic acids is 1. The van der Waals surface area contributed by atoms with Gasteiger partial charge in [-0.25, -0.2) is 14.6 Å². The highest BCUT2D eigenvalue weighted by Gasteiger charge is 2.16. The van der Waals surface area contributed by atoms with Crippen LogP contribution < -0.4 is 10.7 Å². The van der Waals surface area contributed by atoms with Crippen molar-refractivity contribution in [1.82, 2.24) is 15.3 Å². The van der Waals surface area contributed by atoms with Gasteiger partial charge in [0.15, 0.2) is 0 Å². The normalized spacial score (nSPS) is 16.5. The van der Waals surface area contributed by atoms with Gasteiger partial charge in [-0.1, -0.05) is 0 Å². The zero-order valence-electron chi connectivity index (χ0n) is 12.2. The Kier molecular flexibility index (Phi) is 4.77. The summed E-state index contributed by atoms with van der Waals surface area (Å²) < 4.78 is 0. The predicted molar refractivity (Wildman–Crippen MR) is 79.4 cm³/mol. The number of benzene rings is 1. The van der Waals surface area contributed by atoms with E-state index in [4.69, 9.17) is 5.11 Å². The summed E-state index contributed by atoms with van der Waals surface area (Å²) in [5.41, 5.74) is 4.31. The van der Waals surface area contributed by atoms with Crippen LogP contribution in [0.4, 0.5) is 10.5 Å². The molecule has 7 nitrogen and oxygen atoms in total. The third-order valence-electron chi connectivity index (χ3n) is 3.48. The fraction of sp³-hybridized carbons (Fsp3) is 0.429. The number of hydrogen-bond acceptors (Lipinski definition) is 4. The number of amides is 2. The van der Waals surface area contributed by atoms with Crippen LogP contribution in [0.5, 0.6) is 0 Å². The number of carboxylic acids is 1. The Morgan fingerprint density at radius 1 is 1.19 bits per heavy atom. The molecule has 0 saturated carbocycles. The van der Waals surface area contributed by atoms with Crippen molar-refractivity contribution in [2.24, 2.45) is 0 Å². The lowest BCUT2D eigenvalue weighted by molar-refractivity contribution is 0.0697. The largest absolute Gasteiger partial charge is 0.478 e. The number of hydrogen-bond donors (Lipinski definition) is 3. The lowest BCUT2D eigenvalue weighted by Gasteiger charge is -2.32. The van der Waals surface area contributed by atoms with Crippen LogP contribution in [-0.2, 0) is 0 Å². The van der Waals surface area contributed by atoms with Gasteiger partial charge in [0.05, 0.1) is 5.56 Å². The summed E-state index contributed by atoms with van der Waals surface area (Å²) in [5.74, 6) is -0.980. The molecule has 0 atom stereocenters. The predicted octanol–water partition coefficient (Wildman–Crippen LogP) is 0.977. The quantitative estimate of drug-likeness (QED) is 0.773. The Balaban J connectivity index is 1.92. The summed E-state index contributed by atoms with van der Waals surface area (Å²) in [6, 6.07) is 4.29. The number of nitrogens with zero attached hydrogens (tertiary/aromatic N) is 2. The average molecular weight is 292 g/mol. The molecular formula is C14H20N4O3. The average Bonchev–Trinajstić information content (AvgIpc) is 2.43. The highest BCUT2D eigenvalue weighted by atomic mass is 16.4. The van der Waals surface area contributed by atoms with Gasteiger partial charge in [-0.3, -0.25) is 5.43 Å². The standard InChI is InChI=1S/C14H20N4O3/c1-10-9-11(13(19)20)3-4-12(10)15-14(21)16-18-7-5-17(2)6-8-18/h3-4,9H,5-8H2,1-2H3,(H,19,20)(H2,15,16,21). The number of anilines is 1. The number of likely N-dealkylation sites (N-methyl/N-ethyl adjacent to an activating group) is 1. The molecule has 0 aromatic heterocycles. The van der Waals surface area contributed by atoms with Gasteiger partial charge in [0.2, 0.25) is 0 Å². The fourth-order valence-corrected chi connectivity index (χ4v) is 2.15. The number of hydrazine groups is 1. The second kappa shape index (κ2) is 6.55. The first-order chi connectivity index (χ1) is 9.95. The smallest absolute Gasteiger partial charge is 0.335 e. The molecule has 1 aliphatic heterocycles. The van der Waals surface area contributed by atoms with E-state index in [0.29, 0.717) is 11.3 Å². The molecule has 0 unspecified atom stereocenters. The molecular weight excluding hydrogens is 272 g/mol. The third-order valence-corrected chi connectivity index (χ3v) is 3.48. The highest BCUT2D eigenvalue weighted by Crippen LogP contribution is 2.16. The Hall–Kier alpha value is -2.12. The van der Waals surface area contributed by atoms with Crippen LogP contribution in [0.25, 0.3) is 0 Å². The summed E-state index contributed by atoms with van der Waals surface area (Å²) in [5, 5.41) is 13.5. The molecule has 0 spiro atoms. The Bertz CT molecular complexity index is 539. The van der Waals surface area contributed by atoms with E-state index in [1.165, 1.54) is 12.1 Å². The zero-order chi connectivity index (χ0) is 15.4. The molecule has 2 amide bonds. The molecule has 2 rings (SSSR count). The maximum atomic E-state index is 11.9. The Labute approximate surface area is 123 Å². The van der Waals surface area contributed by atoms with Gasteiger partial charge in [-0.15, -0.1) is 0 Å². The minimum atomic E-state index is -0.980. The summed E-state index contributed by atoms with van der Waals surface area (Å²) >= 11 is 0. The van der Waals surface area contributed by atoms with E-state index in [9.17, 15) is 9.59 Å². The number of carboxylic acid groups (broad SMARTS) is 1. The third kappa shape index (κ3) is 4.17. The van der Waals surface area contributed by atoms with Crippen molar-refractivity contribution >= 4 is 17.7 Å². The van der Waals surface area contributed by atoms with Gasteiger partial charge in [0.25, 0.3) is 0 Å². The van der Waals surface area contributed by atoms with Crippen molar-refractivity contribution in [3.63, 3.8) is 0 Å². The summed E-state index contributed by atoms with van der Waals surface area (Å²) in [7, 11) is 2.05. The second-order valence-corrected chi connectivity index (χ2v) is 5.19. The molecule has 1 fully saturated rings. The molecule has 1 saturated heterocycles. The molecule has 21 heavy (non-hydrogen) atoms. The fourth-order valence-electron chi connectivity index (χ4n) is 2.15. The SMILES string of the molecule is Cc1cc(C(=O)O)ccc1NC(=O)NN1CCN(C)CC1. The van der Waals surface area contributed by atoms with E-state index in [-0.39, 0.29) is 11.6 Å². The van der Waals surface area contributed by atoms with Crippen molar-refractivity contribution in [2.75, 3.05) is 38.5 Å². The molecule has 1 heterocycles. The monoisotopic (exact) mass is 292 g/mol. The second-order valence-electron chi connectivity index (χ2n) is 5.19. The molecule has 1 aliphatic rings. The highest BCUT2D eigenvalue weighted by molar-refractivity contribution is 5.92. The minimum absolute atomic E-state index is 0.206. The van der Waals surface area contributed by atoms with Gasteiger partial charge >= 0.3 is 12.0 Å². The molecule has 3 N–H and O–H groups in total. The van der Waals surface area contributed by atoms with Gasteiger partial charge in [0, 0.05) is 31.9 Å². The summed E-state index contributed by atoms with van der Waals surface area (Å²) in [6.07, 6.45) is 0. The van der Waals surface area contributed by atoms with Gasteiger partial charge in [0.1, 0.15) is 0 Å². The summed E-state index contributed by atoms with van der Waals surface area (Å²) in [6.45, 7) is 5.14. The van der Waals surface area contributed by atoms with Crippen molar-refractivity contribution in [3.05, 3.63) is 29.3 Å².